The Morgan fingerprint density at radius 2 is 1.89 bits per heavy atom. The maximum atomic E-state index is 11.8. The first-order valence-electron chi connectivity index (χ1n) is 6.21. The molecule has 0 fully saturated rings. The van der Waals surface area contributed by atoms with Gasteiger partial charge in [0.2, 0.25) is 5.91 Å². The van der Waals surface area contributed by atoms with Gasteiger partial charge in [0, 0.05) is 42.7 Å². The molecule has 3 heterocycles. The number of aromatic nitrogens is 3. The zero-order valence-corrected chi connectivity index (χ0v) is 10.9. The lowest BCUT2D eigenvalue weighted by Gasteiger charge is -2.25. The summed E-state index contributed by atoms with van der Waals surface area (Å²) in [5.41, 5.74) is 2.92. The van der Waals surface area contributed by atoms with Crippen molar-refractivity contribution in [2.75, 3.05) is 11.9 Å². The average molecular weight is 254 g/mol. The van der Waals surface area contributed by atoms with Gasteiger partial charge in [-0.15, -0.1) is 0 Å². The number of rotatable bonds is 1. The summed E-state index contributed by atoms with van der Waals surface area (Å²) >= 11 is 0. The van der Waals surface area contributed by atoms with E-state index in [4.69, 9.17) is 0 Å². The number of nitrogens with zero attached hydrogens (tertiary/aromatic N) is 4. The Morgan fingerprint density at radius 1 is 1.16 bits per heavy atom. The van der Waals surface area contributed by atoms with Crippen LogP contribution in [0.5, 0.6) is 0 Å². The maximum absolute atomic E-state index is 11.8. The molecule has 2 aromatic heterocycles. The summed E-state index contributed by atoms with van der Waals surface area (Å²) in [6.45, 7) is 1.97. The molecular formula is C14H14N4O. The molecule has 5 nitrogen and oxygen atoms in total. The van der Waals surface area contributed by atoms with E-state index in [1.807, 2.05) is 19.1 Å². The van der Waals surface area contributed by atoms with E-state index in [0.29, 0.717) is 12.2 Å². The largest absolute Gasteiger partial charge is 0.300 e. The monoisotopic (exact) mass is 254 g/mol. The highest BCUT2D eigenvalue weighted by atomic mass is 16.2. The number of fused-ring (bicyclic) bond motifs is 1. The number of carbonyl (C=O) groups excluding carboxylic acids is 1. The van der Waals surface area contributed by atoms with E-state index in [1.165, 1.54) is 0 Å². The van der Waals surface area contributed by atoms with Gasteiger partial charge in [-0.25, -0.2) is 9.97 Å². The van der Waals surface area contributed by atoms with Crippen LogP contribution < -0.4 is 4.90 Å². The molecule has 0 saturated heterocycles. The Bertz CT molecular complexity index is 639. The van der Waals surface area contributed by atoms with E-state index in [-0.39, 0.29) is 5.91 Å². The van der Waals surface area contributed by atoms with Crippen molar-refractivity contribution in [3.63, 3.8) is 0 Å². The van der Waals surface area contributed by atoms with Crippen LogP contribution in [0.2, 0.25) is 0 Å². The van der Waals surface area contributed by atoms with Crippen LogP contribution in [0.3, 0.4) is 0 Å². The minimum Gasteiger partial charge on any atom is -0.300 e. The van der Waals surface area contributed by atoms with Crippen LogP contribution in [-0.2, 0) is 11.2 Å². The van der Waals surface area contributed by atoms with Gasteiger partial charge in [0.25, 0.3) is 0 Å². The molecule has 1 aliphatic rings. The van der Waals surface area contributed by atoms with Crippen molar-refractivity contribution in [2.45, 2.75) is 19.8 Å². The predicted molar refractivity (Wildman–Crippen MR) is 71.7 cm³/mol. The number of amides is 1. The summed E-state index contributed by atoms with van der Waals surface area (Å²) in [5, 5.41) is 0. The van der Waals surface area contributed by atoms with E-state index in [9.17, 15) is 4.79 Å². The molecule has 1 amide bonds. The molecular weight excluding hydrogens is 240 g/mol. The maximum Gasteiger partial charge on any atom is 0.228 e. The van der Waals surface area contributed by atoms with Gasteiger partial charge in [-0.1, -0.05) is 0 Å². The lowest BCUT2D eigenvalue weighted by molar-refractivity contribution is -0.118. The number of aryl methyl sites for hydroxylation is 1. The number of anilines is 1. The molecule has 0 aromatic carbocycles. The second kappa shape index (κ2) is 4.42. The van der Waals surface area contributed by atoms with Crippen LogP contribution in [0.25, 0.3) is 11.4 Å². The standard InChI is InChI=1S/C14H14N4O/c1-9-11-3-4-12(19)18(2)14(11)17-13(16-9)10-5-7-15-8-6-10/h5-8H,3-4H2,1-2H3. The summed E-state index contributed by atoms with van der Waals surface area (Å²) in [4.78, 5) is 26.5. The highest BCUT2D eigenvalue weighted by Crippen LogP contribution is 2.29. The number of hydrogen-bond acceptors (Lipinski definition) is 4. The van der Waals surface area contributed by atoms with E-state index >= 15 is 0 Å². The second-order valence-corrected chi connectivity index (χ2v) is 4.62. The molecule has 0 atom stereocenters. The molecule has 2 aromatic rings. The number of hydrogen-bond donors (Lipinski definition) is 0. The van der Waals surface area contributed by atoms with Gasteiger partial charge >= 0.3 is 0 Å². The molecule has 0 aliphatic carbocycles. The van der Waals surface area contributed by atoms with Crippen LogP contribution in [0.4, 0.5) is 5.82 Å². The molecule has 0 N–H and O–H groups in total. The quantitative estimate of drug-likeness (QED) is 0.778. The second-order valence-electron chi connectivity index (χ2n) is 4.62. The summed E-state index contributed by atoms with van der Waals surface area (Å²) in [6, 6.07) is 3.73. The molecule has 0 spiro atoms. The van der Waals surface area contributed by atoms with Gasteiger partial charge in [0.1, 0.15) is 5.82 Å². The van der Waals surface area contributed by atoms with E-state index in [2.05, 4.69) is 15.0 Å². The van der Waals surface area contributed by atoms with Gasteiger partial charge < -0.3 is 0 Å². The van der Waals surface area contributed by atoms with E-state index in [1.54, 1.807) is 24.3 Å². The molecule has 0 radical (unpaired) electrons. The molecule has 1 aliphatic heterocycles. The lowest BCUT2D eigenvalue weighted by Crippen LogP contribution is -2.32. The minimum atomic E-state index is 0.103. The molecule has 0 bridgehead atoms. The van der Waals surface area contributed by atoms with Crippen molar-refractivity contribution in [2.24, 2.45) is 0 Å². The molecule has 19 heavy (non-hydrogen) atoms. The van der Waals surface area contributed by atoms with Crippen molar-refractivity contribution in [1.29, 1.82) is 0 Å². The van der Waals surface area contributed by atoms with Crippen molar-refractivity contribution < 1.29 is 4.79 Å². The zero-order valence-electron chi connectivity index (χ0n) is 10.9. The topological polar surface area (TPSA) is 59.0 Å². The summed E-state index contributed by atoms with van der Waals surface area (Å²) in [6.07, 6.45) is 4.67. The lowest BCUT2D eigenvalue weighted by atomic mass is 10.0. The molecule has 0 saturated carbocycles. The van der Waals surface area contributed by atoms with Crippen molar-refractivity contribution in [3.05, 3.63) is 35.8 Å². The van der Waals surface area contributed by atoms with Crippen LogP contribution >= 0.6 is 0 Å². The fourth-order valence-electron chi connectivity index (χ4n) is 2.30. The molecule has 96 valence electrons. The van der Waals surface area contributed by atoms with Crippen molar-refractivity contribution in [3.8, 4) is 11.4 Å². The van der Waals surface area contributed by atoms with Gasteiger partial charge in [-0.2, -0.15) is 0 Å². The van der Waals surface area contributed by atoms with Crippen LogP contribution in [0.15, 0.2) is 24.5 Å². The predicted octanol–water partition coefficient (Wildman–Crippen LogP) is 1.76. The first kappa shape index (κ1) is 11.8. The Morgan fingerprint density at radius 3 is 2.63 bits per heavy atom. The van der Waals surface area contributed by atoms with Gasteiger partial charge in [0.05, 0.1) is 0 Å². The smallest absolute Gasteiger partial charge is 0.228 e. The SMILES string of the molecule is Cc1nc(-c2ccncc2)nc2c1CCC(=O)N2C. The van der Waals surface area contributed by atoms with Gasteiger partial charge in [-0.3, -0.25) is 14.7 Å². The van der Waals surface area contributed by atoms with Crippen molar-refractivity contribution in [1.82, 2.24) is 15.0 Å². The summed E-state index contributed by atoms with van der Waals surface area (Å²) < 4.78 is 0. The van der Waals surface area contributed by atoms with Gasteiger partial charge in [-0.05, 0) is 25.5 Å². The first-order chi connectivity index (χ1) is 9.16. The molecule has 0 unspecified atom stereocenters. The zero-order chi connectivity index (χ0) is 13.4. The van der Waals surface area contributed by atoms with Crippen molar-refractivity contribution >= 4 is 11.7 Å². The molecule has 3 rings (SSSR count). The normalized spacial score (nSPS) is 14.4. The third-order valence-corrected chi connectivity index (χ3v) is 3.41. The Hall–Kier alpha value is -2.30. The fraction of sp³-hybridized carbons (Fsp3) is 0.286. The molecule has 5 heteroatoms. The average Bonchev–Trinajstić information content (AvgIpc) is 2.44. The highest BCUT2D eigenvalue weighted by molar-refractivity contribution is 5.95. The summed E-state index contributed by atoms with van der Waals surface area (Å²) in [7, 11) is 1.77. The first-order valence-corrected chi connectivity index (χ1v) is 6.21. The third kappa shape index (κ3) is 1.97. The van der Waals surface area contributed by atoms with E-state index < -0.39 is 0 Å². The highest BCUT2D eigenvalue weighted by Gasteiger charge is 2.25. The van der Waals surface area contributed by atoms with Crippen LogP contribution in [0.1, 0.15) is 17.7 Å². The van der Waals surface area contributed by atoms with Gasteiger partial charge in [0.15, 0.2) is 5.82 Å². The Balaban J connectivity index is 2.16. The number of pyridine rings is 1. The fourth-order valence-corrected chi connectivity index (χ4v) is 2.30. The van der Waals surface area contributed by atoms with Crippen LogP contribution in [0, 0.1) is 6.92 Å². The van der Waals surface area contributed by atoms with Crippen LogP contribution in [-0.4, -0.2) is 27.9 Å². The Kier molecular flexibility index (Phi) is 2.74. The number of carbonyl (C=O) groups is 1. The summed E-state index contributed by atoms with van der Waals surface area (Å²) in [5.74, 6) is 1.47. The van der Waals surface area contributed by atoms with E-state index in [0.717, 1.165) is 29.1 Å². The third-order valence-electron chi connectivity index (χ3n) is 3.41. The Labute approximate surface area is 111 Å². The minimum absolute atomic E-state index is 0.103.